The lowest BCUT2D eigenvalue weighted by Crippen LogP contribution is -2.53. The van der Waals surface area contributed by atoms with Crippen molar-refractivity contribution < 1.29 is 0 Å². The molecule has 2 N–H and O–H groups in total. The Hall–Kier alpha value is -1.96. The topological polar surface area (TPSA) is 29.3 Å². The number of nitrogen functional groups attached to an aromatic ring is 1. The van der Waals surface area contributed by atoms with Gasteiger partial charge >= 0.3 is 0 Å². The first-order valence-electron chi connectivity index (χ1n) is 14.7. The second kappa shape index (κ2) is 11.8. The van der Waals surface area contributed by atoms with E-state index >= 15 is 0 Å². The Labute approximate surface area is 230 Å². The van der Waals surface area contributed by atoms with E-state index in [0.29, 0.717) is 35.8 Å². The lowest BCUT2D eigenvalue weighted by atomic mass is 9.81. The van der Waals surface area contributed by atoms with E-state index in [9.17, 15) is 0 Å². The standard InChI is InChI=1S/C35H58N2/c1-22(2)32(23(3)4)37(33(24(5)6)25(7)8)31-21-29(35(12,13)14)18-16-27(31)19-26-15-17-28(20-30(26)36)34(9,10)11/h15-18,20-25,32-33H,19,36H2,1-14H3. The summed E-state index contributed by atoms with van der Waals surface area (Å²) < 4.78 is 0. The fraction of sp³-hybridized carbons (Fsp3) is 0.657. The molecule has 0 atom stereocenters. The Bertz CT molecular complexity index is 979. The molecule has 0 spiro atoms. The van der Waals surface area contributed by atoms with E-state index < -0.39 is 0 Å². The average molecular weight is 507 g/mol. The molecule has 0 aliphatic heterocycles. The predicted octanol–water partition coefficient (Wildman–Crippen LogP) is 9.62. The molecule has 2 aromatic carbocycles. The summed E-state index contributed by atoms with van der Waals surface area (Å²) in [5.74, 6) is 2.18. The van der Waals surface area contributed by atoms with Crippen LogP contribution < -0.4 is 10.6 Å². The molecule has 0 amide bonds. The van der Waals surface area contributed by atoms with Gasteiger partial charge in [0.1, 0.15) is 0 Å². The van der Waals surface area contributed by atoms with E-state index in [0.717, 1.165) is 12.1 Å². The number of nitrogens with zero attached hydrogens (tertiary/aromatic N) is 1. The van der Waals surface area contributed by atoms with Gasteiger partial charge in [0.25, 0.3) is 0 Å². The lowest BCUT2D eigenvalue weighted by molar-refractivity contribution is 0.269. The molecule has 37 heavy (non-hydrogen) atoms. The molecule has 0 aliphatic carbocycles. The molecular weight excluding hydrogens is 448 g/mol. The third-order valence-corrected chi connectivity index (χ3v) is 8.00. The van der Waals surface area contributed by atoms with Crippen molar-refractivity contribution in [3.63, 3.8) is 0 Å². The molecule has 208 valence electrons. The van der Waals surface area contributed by atoms with Crippen molar-refractivity contribution >= 4 is 11.4 Å². The quantitative estimate of drug-likeness (QED) is 0.343. The van der Waals surface area contributed by atoms with Crippen molar-refractivity contribution in [3.05, 3.63) is 58.7 Å². The highest BCUT2D eigenvalue weighted by Gasteiger charge is 2.36. The molecule has 0 aliphatic rings. The summed E-state index contributed by atoms with van der Waals surface area (Å²) >= 11 is 0. The van der Waals surface area contributed by atoms with Gasteiger partial charge in [-0.05, 0) is 68.9 Å². The molecule has 2 heteroatoms. The van der Waals surface area contributed by atoms with Crippen LogP contribution in [-0.2, 0) is 17.3 Å². The van der Waals surface area contributed by atoms with Crippen molar-refractivity contribution in [2.45, 2.75) is 126 Å². The van der Waals surface area contributed by atoms with Gasteiger partial charge in [0.05, 0.1) is 0 Å². The fourth-order valence-electron chi connectivity index (χ4n) is 6.19. The van der Waals surface area contributed by atoms with Gasteiger partial charge < -0.3 is 10.6 Å². The second-order valence-electron chi connectivity index (χ2n) is 14.8. The summed E-state index contributed by atoms with van der Waals surface area (Å²) in [6, 6.07) is 14.8. The van der Waals surface area contributed by atoms with Crippen LogP contribution >= 0.6 is 0 Å². The summed E-state index contributed by atoms with van der Waals surface area (Å²) in [6.45, 7) is 32.9. The molecule has 0 aromatic heterocycles. The first kappa shape index (κ1) is 31.3. The zero-order chi connectivity index (χ0) is 28.5. The number of nitrogens with two attached hydrogens (primary N) is 1. The normalized spacial score (nSPS) is 13.2. The van der Waals surface area contributed by atoms with Crippen LogP contribution in [0.1, 0.15) is 119 Å². The maximum absolute atomic E-state index is 6.69. The Balaban J connectivity index is 2.82. The highest BCUT2D eigenvalue weighted by atomic mass is 15.2. The Kier molecular flexibility index (Phi) is 10.00. The minimum absolute atomic E-state index is 0.0860. The van der Waals surface area contributed by atoms with Gasteiger partial charge in [0.15, 0.2) is 0 Å². The van der Waals surface area contributed by atoms with Crippen molar-refractivity contribution in [2.75, 3.05) is 10.6 Å². The van der Waals surface area contributed by atoms with Gasteiger partial charge in [-0.2, -0.15) is 0 Å². The van der Waals surface area contributed by atoms with Crippen LogP contribution in [0.4, 0.5) is 11.4 Å². The molecule has 0 saturated carbocycles. The van der Waals surface area contributed by atoms with Crippen LogP contribution in [0.25, 0.3) is 0 Å². The summed E-state index contributed by atoms with van der Waals surface area (Å²) in [7, 11) is 0. The lowest BCUT2D eigenvalue weighted by Gasteiger charge is -2.48. The number of anilines is 2. The van der Waals surface area contributed by atoms with Gasteiger partial charge in [-0.3, -0.25) is 0 Å². The van der Waals surface area contributed by atoms with E-state index in [1.54, 1.807) is 0 Å². The largest absolute Gasteiger partial charge is 0.398 e. The molecule has 0 fully saturated rings. The Morgan fingerprint density at radius 2 is 0.973 bits per heavy atom. The van der Waals surface area contributed by atoms with Gasteiger partial charge in [-0.15, -0.1) is 0 Å². The van der Waals surface area contributed by atoms with Gasteiger partial charge in [0, 0.05) is 29.9 Å². The van der Waals surface area contributed by atoms with E-state index in [-0.39, 0.29) is 10.8 Å². The summed E-state index contributed by atoms with van der Waals surface area (Å²) in [5, 5.41) is 0. The third-order valence-electron chi connectivity index (χ3n) is 8.00. The van der Waals surface area contributed by atoms with Crippen molar-refractivity contribution in [1.82, 2.24) is 0 Å². The first-order chi connectivity index (χ1) is 16.9. The van der Waals surface area contributed by atoms with E-state index in [1.807, 2.05) is 0 Å². The molecule has 2 nitrogen and oxygen atoms in total. The van der Waals surface area contributed by atoms with E-state index in [1.165, 1.54) is 27.9 Å². The van der Waals surface area contributed by atoms with Crippen LogP contribution in [0.3, 0.4) is 0 Å². The van der Waals surface area contributed by atoms with Gasteiger partial charge in [-0.25, -0.2) is 0 Å². The molecule has 0 unspecified atom stereocenters. The molecule has 0 saturated heterocycles. The number of benzene rings is 2. The third kappa shape index (κ3) is 7.55. The van der Waals surface area contributed by atoms with E-state index in [4.69, 9.17) is 5.73 Å². The fourth-order valence-corrected chi connectivity index (χ4v) is 6.19. The van der Waals surface area contributed by atoms with E-state index in [2.05, 4.69) is 138 Å². The average Bonchev–Trinajstić information content (AvgIpc) is 2.72. The Morgan fingerprint density at radius 1 is 0.595 bits per heavy atom. The maximum atomic E-state index is 6.69. The second-order valence-corrected chi connectivity index (χ2v) is 14.8. The monoisotopic (exact) mass is 506 g/mol. The molecule has 2 rings (SSSR count). The number of rotatable bonds is 9. The minimum atomic E-state index is 0.0860. The van der Waals surface area contributed by atoms with Gasteiger partial charge in [0.2, 0.25) is 0 Å². The predicted molar refractivity (Wildman–Crippen MR) is 167 cm³/mol. The molecule has 0 bridgehead atoms. The molecule has 0 heterocycles. The molecular formula is C35H58N2. The molecule has 0 radical (unpaired) electrons. The number of hydrogen-bond acceptors (Lipinski definition) is 2. The molecule has 2 aromatic rings. The first-order valence-corrected chi connectivity index (χ1v) is 14.7. The van der Waals surface area contributed by atoms with Crippen LogP contribution in [0.15, 0.2) is 36.4 Å². The Morgan fingerprint density at radius 3 is 1.32 bits per heavy atom. The minimum Gasteiger partial charge on any atom is -0.398 e. The van der Waals surface area contributed by atoms with Crippen molar-refractivity contribution in [2.24, 2.45) is 23.7 Å². The highest BCUT2D eigenvalue weighted by Crippen LogP contribution is 2.39. The van der Waals surface area contributed by atoms with Crippen molar-refractivity contribution in [3.8, 4) is 0 Å². The summed E-state index contributed by atoms with van der Waals surface area (Å²) in [6.07, 6.45) is 0.846. The zero-order valence-corrected chi connectivity index (χ0v) is 26.7. The number of hydrogen-bond donors (Lipinski definition) is 1. The van der Waals surface area contributed by atoms with Crippen LogP contribution in [0.2, 0.25) is 0 Å². The van der Waals surface area contributed by atoms with Gasteiger partial charge in [-0.1, -0.05) is 121 Å². The summed E-state index contributed by atoms with van der Waals surface area (Å²) in [5.41, 5.74) is 14.4. The van der Waals surface area contributed by atoms with Crippen LogP contribution in [0.5, 0.6) is 0 Å². The smallest absolute Gasteiger partial charge is 0.0410 e. The maximum Gasteiger partial charge on any atom is 0.0410 e. The van der Waals surface area contributed by atoms with Crippen molar-refractivity contribution in [1.29, 1.82) is 0 Å². The zero-order valence-electron chi connectivity index (χ0n) is 26.7. The SMILES string of the molecule is CC(C)C(C(C)C)N(c1cc(C(C)(C)C)ccc1Cc1ccc(C(C)(C)C)cc1N)C(C(C)C)C(C)C. The summed E-state index contributed by atoms with van der Waals surface area (Å²) in [4.78, 5) is 2.83. The van der Waals surface area contributed by atoms with Crippen LogP contribution in [0, 0.1) is 23.7 Å². The highest BCUT2D eigenvalue weighted by molar-refractivity contribution is 5.62. The van der Waals surface area contributed by atoms with Crippen LogP contribution in [-0.4, -0.2) is 12.1 Å².